The molecule has 4 aromatic rings. The summed E-state index contributed by atoms with van der Waals surface area (Å²) in [6.07, 6.45) is 0. The van der Waals surface area contributed by atoms with E-state index in [9.17, 15) is 20.1 Å². The summed E-state index contributed by atoms with van der Waals surface area (Å²) < 4.78 is 10.0. The quantitative estimate of drug-likeness (QED) is 0.0807. The Morgan fingerprint density at radius 2 is 1.25 bits per heavy atom. The van der Waals surface area contributed by atoms with Crippen LogP contribution in [0.5, 0.6) is 11.5 Å². The number of carbonyl (C=O) groups is 1. The molecule has 0 saturated carbocycles. The Morgan fingerprint density at radius 1 is 0.781 bits per heavy atom. The molecule has 1 aromatic heterocycles. The largest absolute Gasteiger partial charge is 0.505 e. The summed E-state index contributed by atoms with van der Waals surface area (Å²) in [7, 11) is 0. The highest BCUT2D eigenvalue weighted by molar-refractivity contribution is 14.1. The topological polar surface area (TPSA) is 89.1 Å². The Kier molecular flexibility index (Phi) is 7.80. The van der Waals surface area contributed by atoms with Crippen LogP contribution in [0.15, 0.2) is 36.0 Å². The van der Waals surface area contributed by atoms with Gasteiger partial charge in [-0.2, -0.15) is 0 Å². The van der Waals surface area contributed by atoms with Crippen LogP contribution in [0, 0.1) is 14.3 Å². The fourth-order valence-corrected chi connectivity index (χ4v) is 8.73. The van der Waals surface area contributed by atoms with E-state index in [4.69, 9.17) is 4.42 Å². The Hall–Kier alpha value is 0.760. The number of aromatic carboxylic acids is 1. The summed E-state index contributed by atoms with van der Waals surface area (Å²) in [4.78, 5) is 12.4. The molecule has 0 aliphatic carbocycles. The minimum atomic E-state index is -1.10. The molecular formula is C20H6Br3I4O5+. The molecule has 0 atom stereocenters. The van der Waals surface area contributed by atoms with Crippen LogP contribution >= 0.6 is 138 Å². The molecule has 0 saturated heterocycles. The van der Waals surface area contributed by atoms with Crippen LogP contribution in [-0.2, 0) is 0 Å². The smallest absolute Gasteiger partial charge is 0.378 e. The summed E-state index contributed by atoms with van der Waals surface area (Å²) in [6.45, 7) is 0. The third kappa shape index (κ3) is 4.18. The van der Waals surface area contributed by atoms with Crippen molar-refractivity contribution in [1.82, 2.24) is 0 Å². The number of phenolic OH excluding ortho intramolecular Hbond substituents is 2. The van der Waals surface area contributed by atoms with Crippen molar-refractivity contribution in [3.05, 3.63) is 51.5 Å². The van der Waals surface area contributed by atoms with Gasteiger partial charge >= 0.3 is 17.1 Å². The van der Waals surface area contributed by atoms with E-state index >= 15 is 0 Å². The second-order valence-corrected chi connectivity index (χ2v) is 13.5. The highest BCUT2D eigenvalue weighted by Crippen LogP contribution is 2.50. The van der Waals surface area contributed by atoms with Crippen LogP contribution in [0.1, 0.15) is 10.4 Å². The molecule has 0 unspecified atom stereocenters. The average molecular weight is 1070 g/mol. The zero-order chi connectivity index (χ0) is 23.6. The number of fused-ring (bicyclic) bond motifs is 2. The normalized spacial score (nSPS) is 11.5. The van der Waals surface area contributed by atoms with Crippen molar-refractivity contribution in [2.75, 3.05) is 0 Å². The van der Waals surface area contributed by atoms with Crippen LogP contribution in [0.4, 0.5) is 0 Å². The third-order valence-corrected chi connectivity index (χ3v) is 10.9. The second-order valence-electron chi connectivity index (χ2n) is 6.48. The summed E-state index contributed by atoms with van der Waals surface area (Å²) in [5.41, 5.74) is 1.91. The number of carboxylic acid groups (broad SMARTS) is 1. The van der Waals surface area contributed by atoms with E-state index in [-0.39, 0.29) is 17.1 Å². The maximum Gasteiger partial charge on any atom is 0.378 e. The van der Waals surface area contributed by atoms with E-state index in [1.54, 1.807) is 18.2 Å². The molecule has 0 aliphatic heterocycles. The third-order valence-electron chi connectivity index (χ3n) is 4.68. The standard InChI is InChI=1S/C20H5Br3I4O5/c21-6-3-7(22)13(23)12(11(6)20(30)31)10-4-1-8(24)16(28)14(26)18(4)32-19-5(10)2-9(25)17(29)15(19)27/h1-3H,(H2-,28,29,30,31)/p+1. The molecule has 0 bridgehead atoms. The lowest BCUT2D eigenvalue weighted by molar-refractivity contribution is 0.0696. The van der Waals surface area contributed by atoms with Crippen molar-refractivity contribution in [2.45, 2.75) is 0 Å². The van der Waals surface area contributed by atoms with E-state index in [0.29, 0.717) is 60.8 Å². The Morgan fingerprint density at radius 3 is 1.69 bits per heavy atom. The van der Waals surface area contributed by atoms with Crippen molar-refractivity contribution in [2.24, 2.45) is 0 Å². The van der Waals surface area contributed by atoms with Crippen molar-refractivity contribution in [3.63, 3.8) is 0 Å². The van der Waals surface area contributed by atoms with Gasteiger partial charge in [-0.3, -0.25) is 0 Å². The van der Waals surface area contributed by atoms with Crippen molar-refractivity contribution in [3.8, 4) is 22.6 Å². The molecule has 5 nitrogen and oxygen atoms in total. The van der Waals surface area contributed by atoms with Crippen LogP contribution in [0.3, 0.4) is 0 Å². The second kappa shape index (κ2) is 9.67. The lowest BCUT2D eigenvalue weighted by Crippen LogP contribution is -2.04. The molecule has 32 heavy (non-hydrogen) atoms. The molecule has 12 heteroatoms. The van der Waals surface area contributed by atoms with E-state index in [0.717, 1.165) is 0 Å². The molecule has 3 N–H and O–H groups in total. The molecule has 0 fully saturated rings. The van der Waals surface area contributed by atoms with Gasteiger partial charge in [0, 0.05) is 24.5 Å². The molecule has 0 spiro atoms. The van der Waals surface area contributed by atoms with Crippen LogP contribution in [0.2, 0.25) is 0 Å². The molecule has 0 aliphatic rings. The van der Waals surface area contributed by atoms with Gasteiger partial charge in [0.25, 0.3) is 0 Å². The van der Waals surface area contributed by atoms with E-state index in [2.05, 4.69) is 47.8 Å². The SMILES string of the molecule is O=C(O)c1c(Br)cc(Br)c(Br)c1-c1c2cc(I)c(O)c(I)c2[o+]c2c(I)c(O)c(I)cc12. The van der Waals surface area contributed by atoms with Gasteiger partial charge in [-0.15, -0.1) is 0 Å². The van der Waals surface area contributed by atoms with E-state index in [1.165, 1.54) is 0 Å². The number of carboxylic acids is 1. The van der Waals surface area contributed by atoms with Gasteiger partial charge in [-0.05, 0) is 156 Å². The highest BCUT2D eigenvalue weighted by atomic mass is 127. The van der Waals surface area contributed by atoms with Crippen molar-refractivity contribution in [1.29, 1.82) is 0 Å². The van der Waals surface area contributed by atoms with Gasteiger partial charge in [-0.1, -0.05) is 0 Å². The first-order valence-electron chi connectivity index (χ1n) is 8.34. The predicted molar refractivity (Wildman–Crippen MR) is 168 cm³/mol. The summed E-state index contributed by atoms with van der Waals surface area (Å²) in [5, 5.41) is 32.5. The Bertz CT molecular complexity index is 1440. The Labute approximate surface area is 260 Å². The number of hydrogen-bond donors (Lipinski definition) is 3. The van der Waals surface area contributed by atoms with Gasteiger partial charge < -0.3 is 15.3 Å². The van der Waals surface area contributed by atoms with Gasteiger partial charge in [0.2, 0.25) is 0 Å². The minimum Gasteiger partial charge on any atom is -0.505 e. The van der Waals surface area contributed by atoms with Crippen LogP contribution in [-0.4, -0.2) is 21.3 Å². The maximum absolute atomic E-state index is 12.4. The number of phenols is 2. The van der Waals surface area contributed by atoms with E-state index in [1.807, 2.05) is 90.4 Å². The first kappa shape index (κ1) is 25.8. The number of aromatic hydroxyl groups is 2. The maximum atomic E-state index is 12.4. The van der Waals surface area contributed by atoms with E-state index < -0.39 is 5.97 Å². The van der Waals surface area contributed by atoms with Crippen molar-refractivity contribution >= 4 is 166 Å². The minimum absolute atomic E-state index is 0.0741. The first-order valence-corrected chi connectivity index (χ1v) is 15.0. The molecule has 0 radical (unpaired) electrons. The van der Waals surface area contributed by atoms with Gasteiger partial charge in [-0.25, -0.2) is 9.21 Å². The summed E-state index contributed by atoms with van der Waals surface area (Å²) >= 11 is 18.6. The molecule has 164 valence electrons. The predicted octanol–water partition coefficient (Wildman–Crippen LogP) is 9.35. The fourth-order valence-electron chi connectivity index (χ4n) is 3.31. The van der Waals surface area contributed by atoms with Gasteiger partial charge in [0.1, 0.15) is 0 Å². The van der Waals surface area contributed by atoms with Gasteiger partial charge in [0.05, 0.1) is 23.5 Å². The van der Waals surface area contributed by atoms with Crippen LogP contribution in [0.25, 0.3) is 33.1 Å². The monoisotopic (exact) mass is 1070 g/mol. The number of rotatable bonds is 2. The highest BCUT2D eigenvalue weighted by Gasteiger charge is 2.33. The molecule has 1 heterocycles. The lowest BCUT2D eigenvalue weighted by Gasteiger charge is -2.15. The fraction of sp³-hybridized carbons (Fsp3) is 0. The first-order chi connectivity index (χ1) is 15.0. The summed E-state index contributed by atoms with van der Waals surface area (Å²) in [5.74, 6) is -0.954. The molecule has 3 aromatic carbocycles. The number of halogens is 7. The number of hydrogen-bond acceptors (Lipinski definition) is 3. The zero-order valence-electron chi connectivity index (χ0n) is 15.0. The average Bonchev–Trinajstić information content (AvgIpc) is 2.72. The van der Waals surface area contributed by atoms with Crippen LogP contribution < -0.4 is 0 Å². The zero-order valence-corrected chi connectivity index (χ0v) is 28.4. The van der Waals surface area contributed by atoms with Gasteiger partial charge in [0.15, 0.2) is 18.6 Å². The Balaban J connectivity index is 2.43. The molecule has 4 rings (SSSR count). The lowest BCUT2D eigenvalue weighted by atomic mass is 9.93. The van der Waals surface area contributed by atoms with Crippen molar-refractivity contribution < 1.29 is 24.5 Å². The molecular weight excluding hydrogens is 1070 g/mol. The molecule has 0 amide bonds. The number of benzene rings is 3. The summed E-state index contributed by atoms with van der Waals surface area (Å²) in [6, 6.07) is 5.21.